The Morgan fingerprint density at radius 2 is 0.918 bits per heavy atom. The summed E-state index contributed by atoms with van der Waals surface area (Å²) in [6.07, 6.45) is 54.0. The standard InChI is InChI=1S/C53H93NO7/c1-6-8-10-12-14-16-18-20-22-24-25-26-27-28-30-32-34-36-38-40-42-44-52(56)61-49(47-59-46-45-50(53(57)58)54(3,4)5)48-60-51(55)43-41-39-37-35-33-31-29-23-21-19-17-15-13-11-9-7-2/h9,11,15,17,21,23,26-27,31,33,49-50H,6-8,10,12-14,16,18-20,22,24-25,28-30,32,34-48H2,1-5H3/b11-9+,17-15+,23-21+,27-26+,33-31+. The molecule has 8 heteroatoms. The van der Waals surface area contributed by atoms with E-state index in [1.54, 1.807) is 21.1 Å². The van der Waals surface area contributed by atoms with Gasteiger partial charge in [-0.05, 0) is 77.0 Å². The van der Waals surface area contributed by atoms with Gasteiger partial charge in [-0.15, -0.1) is 0 Å². The van der Waals surface area contributed by atoms with Gasteiger partial charge in [-0.1, -0.05) is 171 Å². The largest absolute Gasteiger partial charge is 0.544 e. The topological polar surface area (TPSA) is 102 Å². The van der Waals surface area contributed by atoms with Crippen molar-refractivity contribution < 1.29 is 38.2 Å². The van der Waals surface area contributed by atoms with Gasteiger partial charge in [0.1, 0.15) is 12.6 Å². The van der Waals surface area contributed by atoms with Crippen molar-refractivity contribution in [1.82, 2.24) is 0 Å². The number of carbonyl (C=O) groups is 3. The molecular formula is C53H93NO7. The molecule has 0 heterocycles. The number of carboxylic acids is 1. The molecule has 0 aromatic heterocycles. The van der Waals surface area contributed by atoms with Gasteiger partial charge in [-0.2, -0.15) is 0 Å². The van der Waals surface area contributed by atoms with Crippen molar-refractivity contribution in [2.45, 2.75) is 219 Å². The molecule has 0 saturated carbocycles. The maximum Gasteiger partial charge on any atom is 0.306 e. The molecule has 0 aliphatic heterocycles. The number of carbonyl (C=O) groups excluding carboxylic acids is 3. The molecule has 8 nitrogen and oxygen atoms in total. The third-order valence-electron chi connectivity index (χ3n) is 10.9. The number of aliphatic carboxylic acids is 1. The Bertz CT molecular complexity index is 1180. The smallest absolute Gasteiger partial charge is 0.306 e. The minimum absolute atomic E-state index is 0.0271. The first kappa shape index (κ1) is 58.0. The van der Waals surface area contributed by atoms with Gasteiger partial charge in [0.2, 0.25) is 0 Å². The summed E-state index contributed by atoms with van der Waals surface area (Å²) in [6, 6.07) is -0.734. The summed E-state index contributed by atoms with van der Waals surface area (Å²) < 4.78 is 17.2. The fraction of sp³-hybridized carbons (Fsp3) is 0.755. The number of esters is 2. The zero-order valence-corrected chi connectivity index (χ0v) is 40.1. The quantitative estimate of drug-likeness (QED) is 0.0260. The van der Waals surface area contributed by atoms with Crippen LogP contribution in [0.15, 0.2) is 60.8 Å². The third-order valence-corrected chi connectivity index (χ3v) is 10.9. The van der Waals surface area contributed by atoms with Gasteiger partial charge in [-0.25, -0.2) is 0 Å². The van der Waals surface area contributed by atoms with Gasteiger partial charge in [0.15, 0.2) is 6.10 Å². The Balaban J connectivity index is 4.31. The van der Waals surface area contributed by atoms with Crippen LogP contribution in [0.3, 0.4) is 0 Å². The van der Waals surface area contributed by atoms with Crippen LogP contribution in [0.5, 0.6) is 0 Å². The SMILES string of the molecule is CC/C=C/C/C=C/C/C=C/C/C=C/CCCCCC(=O)OCC(COCCC(C(=O)[O-])[N+](C)(C)C)OC(=O)CCCCCCCCC/C=C/CCCCCCCCCCCC. The molecule has 0 N–H and O–H groups in total. The molecule has 0 rings (SSSR count). The lowest BCUT2D eigenvalue weighted by Gasteiger charge is -2.34. The first-order chi connectivity index (χ1) is 29.6. The van der Waals surface area contributed by atoms with Gasteiger partial charge in [0, 0.05) is 19.3 Å². The maximum absolute atomic E-state index is 12.8. The van der Waals surface area contributed by atoms with E-state index in [0.29, 0.717) is 12.8 Å². The van der Waals surface area contributed by atoms with Gasteiger partial charge < -0.3 is 28.6 Å². The van der Waals surface area contributed by atoms with Crippen molar-refractivity contribution in [2.24, 2.45) is 0 Å². The molecule has 0 aliphatic carbocycles. The van der Waals surface area contributed by atoms with Crippen LogP contribution in [-0.4, -0.2) is 75.5 Å². The third kappa shape index (κ3) is 42.1. The first-order valence-electron chi connectivity index (χ1n) is 24.8. The minimum atomic E-state index is -1.13. The fourth-order valence-corrected chi connectivity index (χ4v) is 7.06. The summed E-state index contributed by atoms with van der Waals surface area (Å²) in [4.78, 5) is 37.0. The van der Waals surface area contributed by atoms with Gasteiger partial charge >= 0.3 is 11.9 Å². The molecule has 2 unspecified atom stereocenters. The number of hydrogen-bond donors (Lipinski definition) is 0. The summed E-state index contributed by atoms with van der Waals surface area (Å²) in [6.45, 7) is 4.52. The first-order valence-corrected chi connectivity index (χ1v) is 24.8. The fourth-order valence-electron chi connectivity index (χ4n) is 7.06. The molecular weight excluding hydrogens is 763 g/mol. The molecule has 61 heavy (non-hydrogen) atoms. The average Bonchev–Trinajstić information content (AvgIpc) is 3.22. The molecule has 0 aromatic carbocycles. The van der Waals surface area contributed by atoms with E-state index in [2.05, 4.69) is 74.6 Å². The Morgan fingerprint density at radius 3 is 1.39 bits per heavy atom. The van der Waals surface area contributed by atoms with Crippen LogP contribution in [0.4, 0.5) is 0 Å². The highest BCUT2D eigenvalue weighted by Gasteiger charge is 2.25. The molecule has 0 saturated heterocycles. The summed E-state index contributed by atoms with van der Waals surface area (Å²) in [7, 11) is 5.40. The lowest BCUT2D eigenvalue weighted by atomic mass is 10.1. The minimum Gasteiger partial charge on any atom is -0.544 e. The van der Waals surface area contributed by atoms with Crippen LogP contribution in [-0.2, 0) is 28.6 Å². The lowest BCUT2D eigenvalue weighted by Crippen LogP contribution is -2.55. The Labute approximate surface area is 375 Å². The summed E-state index contributed by atoms with van der Waals surface area (Å²) in [5.41, 5.74) is 0. The van der Waals surface area contributed by atoms with Crippen LogP contribution in [0.2, 0.25) is 0 Å². The van der Waals surface area contributed by atoms with Crippen LogP contribution in [0.1, 0.15) is 206 Å². The molecule has 0 spiro atoms. The normalized spacial score (nSPS) is 13.4. The predicted molar refractivity (Wildman–Crippen MR) is 254 cm³/mol. The van der Waals surface area contributed by atoms with Crippen molar-refractivity contribution in [1.29, 1.82) is 0 Å². The number of unbranched alkanes of at least 4 members (excludes halogenated alkanes) is 20. The zero-order valence-electron chi connectivity index (χ0n) is 40.1. The van der Waals surface area contributed by atoms with Crippen LogP contribution in [0, 0.1) is 0 Å². The van der Waals surface area contributed by atoms with Crippen molar-refractivity contribution in [2.75, 3.05) is 41.0 Å². The monoisotopic (exact) mass is 856 g/mol. The van der Waals surface area contributed by atoms with E-state index in [4.69, 9.17) is 14.2 Å². The Hall–Kier alpha value is -2.97. The number of hydrogen-bond acceptors (Lipinski definition) is 7. The van der Waals surface area contributed by atoms with Crippen LogP contribution < -0.4 is 5.11 Å². The highest BCUT2D eigenvalue weighted by molar-refractivity contribution is 5.70. The van der Waals surface area contributed by atoms with Crippen molar-refractivity contribution >= 4 is 17.9 Å². The maximum atomic E-state index is 12.8. The second-order valence-corrected chi connectivity index (χ2v) is 17.7. The lowest BCUT2D eigenvalue weighted by molar-refractivity contribution is -0.889. The zero-order chi connectivity index (χ0) is 44.9. The molecule has 0 aromatic rings. The number of carboxylic acid groups (broad SMARTS) is 1. The average molecular weight is 856 g/mol. The second-order valence-electron chi connectivity index (χ2n) is 17.7. The van der Waals surface area contributed by atoms with Crippen molar-refractivity contribution in [3.05, 3.63) is 60.8 Å². The predicted octanol–water partition coefficient (Wildman–Crippen LogP) is 12.8. The number of ether oxygens (including phenoxy) is 3. The molecule has 2 atom stereocenters. The van der Waals surface area contributed by atoms with Gasteiger partial charge in [0.05, 0.1) is 40.3 Å². The summed E-state index contributed by atoms with van der Waals surface area (Å²) in [5, 5.41) is 11.7. The molecule has 0 amide bonds. The molecule has 0 bridgehead atoms. The molecule has 0 aliphatic rings. The van der Waals surface area contributed by atoms with Crippen molar-refractivity contribution in [3.8, 4) is 0 Å². The van der Waals surface area contributed by atoms with E-state index < -0.39 is 18.1 Å². The Kier molecular flexibility index (Phi) is 41.5. The van der Waals surface area contributed by atoms with Crippen LogP contribution in [0.25, 0.3) is 0 Å². The highest BCUT2D eigenvalue weighted by atomic mass is 16.6. The van der Waals surface area contributed by atoms with E-state index in [-0.39, 0.29) is 42.7 Å². The Morgan fingerprint density at radius 1 is 0.508 bits per heavy atom. The molecule has 352 valence electrons. The number of rotatable bonds is 44. The number of likely N-dealkylation sites (N-methyl/N-ethyl adjacent to an activating group) is 1. The van der Waals surface area contributed by atoms with Crippen LogP contribution >= 0.6 is 0 Å². The van der Waals surface area contributed by atoms with E-state index in [1.165, 1.54) is 103 Å². The number of quaternary nitrogens is 1. The molecule has 0 fully saturated rings. The van der Waals surface area contributed by atoms with Gasteiger partial charge in [0.25, 0.3) is 0 Å². The number of allylic oxidation sites excluding steroid dienone is 10. The summed E-state index contributed by atoms with van der Waals surface area (Å²) >= 11 is 0. The van der Waals surface area contributed by atoms with E-state index in [1.807, 2.05) is 0 Å². The van der Waals surface area contributed by atoms with E-state index >= 15 is 0 Å². The number of nitrogens with zero attached hydrogens (tertiary/aromatic N) is 1. The molecule has 0 radical (unpaired) electrons. The van der Waals surface area contributed by atoms with Crippen molar-refractivity contribution in [3.63, 3.8) is 0 Å². The van der Waals surface area contributed by atoms with Gasteiger partial charge in [-0.3, -0.25) is 9.59 Å². The van der Waals surface area contributed by atoms with E-state index in [0.717, 1.165) is 70.6 Å². The second kappa shape index (κ2) is 43.7. The summed E-state index contributed by atoms with van der Waals surface area (Å²) in [5.74, 6) is -1.78. The highest BCUT2D eigenvalue weighted by Crippen LogP contribution is 2.14. The van der Waals surface area contributed by atoms with E-state index in [9.17, 15) is 19.5 Å².